The number of nitrogens with zero attached hydrogens (tertiary/aromatic N) is 3. The van der Waals surface area contributed by atoms with Crippen molar-refractivity contribution in [1.29, 1.82) is 0 Å². The highest BCUT2D eigenvalue weighted by Crippen LogP contribution is 2.28. The molecule has 0 aliphatic carbocycles. The third kappa shape index (κ3) is 3.68. The molecule has 7 heteroatoms. The molecule has 1 saturated heterocycles. The average molecular weight is 436 g/mol. The van der Waals surface area contributed by atoms with Crippen LogP contribution >= 0.6 is 11.6 Å². The van der Waals surface area contributed by atoms with Crippen molar-refractivity contribution in [3.8, 4) is 5.75 Å². The van der Waals surface area contributed by atoms with Gasteiger partial charge >= 0.3 is 0 Å². The number of benzene rings is 2. The molecule has 1 amide bonds. The Hall–Kier alpha value is -3.25. The number of ether oxygens (including phenoxy) is 1. The van der Waals surface area contributed by atoms with Gasteiger partial charge in [0.1, 0.15) is 5.75 Å². The number of amides is 1. The zero-order valence-electron chi connectivity index (χ0n) is 17.4. The topological polar surface area (TPSA) is 58.8 Å². The van der Waals surface area contributed by atoms with Gasteiger partial charge in [-0.1, -0.05) is 17.7 Å². The minimum Gasteiger partial charge on any atom is -0.497 e. The lowest BCUT2D eigenvalue weighted by atomic mass is 10.1. The molecule has 0 radical (unpaired) electrons. The second kappa shape index (κ2) is 7.78. The third-order valence-corrected chi connectivity index (χ3v) is 6.03. The standard InChI is InChI=1S/C24H22ClN3O3/c1-15-3-4-18(25)14-21(15)27-7-9-28(10-8-27)24(29)22-13-17-11-16-12-19(30-2)5-6-20(16)26-23(17)31-22/h3-6,11-14H,7-10H2,1-2H3. The minimum atomic E-state index is -0.109. The lowest BCUT2D eigenvalue weighted by molar-refractivity contribution is 0.0717. The monoisotopic (exact) mass is 435 g/mol. The summed E-state index contributed by atoms with van der Waals surface area (Å²) in [5.74, 6) is 0.973. The Balaban J connectivity index is 1.35. The van der Waals surface area contributed by atoms with Crippen molar-refractivity contribution in [2.75, 3.05) is 38.2 Å². The lowest BCUT2D eigenvalue weighted by Gasteiger charge is -2.36. The number of halogens is 1. The molecule has 0 atom stereocenters. The molecule has 1 aliphatic heterocycles. The van der Waals surface area contributed by atoms with Crippen LogP contribution in [0.4, 0.5) is 5.69 Å². The fourth-order valence-corrected chi connectivity index (χ4v) is 4.24. The van der Waals surface area contributed by atoms with Crippen LogP contribution in [-0.4, -0.2) is 49.1 Å². The first kappa shape index (κ1) is 19.7. The van der Waals surface area contributed by atoms with Crippen LogP contribution in [0.2, 0.25) is 5.02 Å². The number of hydrogen-bond acceptors (Lipinski definition) is 5. The van der Waals surface area contributed by atoms with Crippen LogP contribution in [0, 0.1) is 6.92 Å². The molecule has 5 rings (SSSR count). The Morgan fingerprint density at radius 2 is 1.84 bits per heavy atom. The van der Waals surface area contributed by atoms with Gasteiger partial charge in [-0.2, -0.15) is 0 Å². The number of aryl methyl sites for hydroxylation is 1. The van der Waals surface area contributed by atoms with Crippen molar-refractivity contribution >= 4 is 45.2 Å². The van der Waals surface area contributed by atoms with Crippen molar-refractivity contribution in [3.63, 3.8) is 0 Å². The molecule has 2 aromatic heterocycles. The Labute approximate surface area is 185 Å². The Morgan fingerprint density at radius 1 is 1.03 bits per heavy atom. The molecule has 0 saturated carbocycles. The SMILES string of the molecule is COc1ccc2nc3oc(C(=O)N4CCN(c5cc(Cl)ccc5C)CC4)cc3cc2c1. The zero-order chi connectivity index (χ0) is 21.5. The van der Waals surface area contributed by atoms with E-state index in [0.717, 1.165) is 45.8 Å². The third-order valence-electron chi connectivity index (χ3n) is 5.80. The largest absolute Gasteiger partial charge is 0.497 e. The predicted molar refractivity (Wildman–Crippen MR) is 122 cm³/mol. The van der Waals surface area contributed by atoms with Crippen LogP contribution in [0.3, 0.4) is 0 Å². The van der Waals surface area contributed by atoms with E-state index in [-0.39, 0.29) is 5.91 Å². The summed E-state index contributed by atoms with van der Waals surface area (Å²) in [6, 6.07) is 15.3. The number of methoxy groups -OCH3 is 1. The van der Waals surface area contributed by atoms with E-state index in [0.29, 0.717) is 24.6 Å². The number of anilines is 1. The molecular formula is C24H22ClN3O3. The van der Waals surface area contributed by atoms with Gasteiger partial charge in [0, 0.05) is 47.7 Å². The van der Waals surface area contributed by atoms with Crippen molar-refractivity contribution in [1.82, 2.24) is 9.88 Å². The van der Waals surface area contributed by atoms with E-state index in [2.05, 4.69) is 16.8 Å². The van der Waals surface area contributed by atoms with Gasteiger partial charge < -0.3 is 19.0 Å². The Kier molecular flexibility index (Phi) is 4.94. The summed E-state index contributed by atoms with van der Waals surface area (Å²) in [5.41, 5.74) is 3.56. The van der Waals surface area contributed by atoms with Gasteiger partial charge in [0.05, 0.1) is 12.6 Å². The van der Waals surface area contributed by atoms with Gasteiger partial charge in [0.2, 0.25) is 5.71 Å². The number of rotatable bonds is 3. The summed E-state index contributed by atoms with van der Waals surface area (Å²) in [4.78, 5) is 21.7. The molecule has 3 heterocycles. The quantitative estimate of drug-likeness (QED) is 0.457. The lowest BCUT2D eigenvalue weighted by Crippen LogP contribution is -2.48. The van der Waals surface area contributed by atoms with E-state index < -0.39 is 0 Å². The second-order valence-electron chi connectivity index (χ2n) is 7.76. The van der Waals surface area contributed by atoms with Gasteiger partial charge in [0.15, 0.2) is 5.76 Å². The van der Waals surface area contributed by atoms with E-state index in [4.69, 9.17) is 20.8 Å². The minimum absolute atomic E-state index is 0.109. The second-order valence-corrected chi connectivity index (χ2v) is 8.20. The van der Waals surface area contributed by atoms with E-state index in [1.807, 2.05) is 47.4 Å². The fraction of sp³-hybridized carbons (Fsp3) is 0.250. The summed E-state index contributed by atoms with van der Waals surface area (Å²) in [6.07, 6.45) is 0. The summed E-state index contributed by atoms with van der Waals surface area (Å²) in [6.45, 7) is 4.80. The van der Waals surface area contributed by atoms with Crippen LogP contribution in [0.5, 0.6) is 5.75 Å². The van der Waals surface area contributed by atoms with Crippen LogP contribution in [-0.2, 0) is 0 Å². The number of carbonyl (C=O) groups is 1. The van der Waals surface area contributed by atoms with Gasteiger partial charge in [-0.05, 0) is 55.0 Å². The Morgan fingerprint density at radius 3 is 2.61 bits per heavy atom. The van der Waals surface area contributed by atoms with Crippen molar-refractivity contribution in [2.24, 2.45) is 0 Å². The number of fused-ring (bicyclic) bond motifs is 2. The molecule has 1 fully saturated rings. The average Bonchev–Trinajstić information content (AvgIpc) is 3.21. The molecule has 31 heavy (non-hydrogen) atoms. The van der Waals surface area contributed by atoms with E-state index in [9.17, 15) is 4.79 Å². The number of carbonyl (C=O) groups excluding carboxylic acids is 1. The first-order chi connectivity index (χ1) is 15.0. The summed E-state index contributed by atoms with van der Waals surface area (Å²) >= 11 is 6.17. The number of aromatic nitrogens is 1. The van der Waals surface area contributed by atoms with Crippen molar-refractivity contribution < 1.29 is 13.9 Å². The van der Waals surface area contributed by atoms with Gasteiger partial charge in [0.25, 0.3) is 5.91 Å². The van der Waals surface area contributed by atoms with E-state index in [1.54, 1.807) is 13.2 Å². The summed E-state index contributed by atoms with van der Waals surface area (Å²) < 4.78 is 11.1. The molecule has 2 aromatic carbocycles. The normalized spacial score (nSPS) is 14.4. The summed E-state index contributed by atoms with van der Waals surface area (Å²) in [5, 5.41) is 2.47. The highest BCUT2D eigenvalue weighted by atomic mass is 35.5. The fourth-order valence-electron chi connectivity index (χ4n) is 4.08. The smallest absolute Gasteiger partial charge is 0.289 e. The Bertz CT molecular complexity index is 1290. The van der Waals surface area contributed by atoms with E-state index >= 15 is 0 Å². The molecule has 0 unspecified atom stereocenters. The first-order valence-electron chi connectivity index (χ1n) is 10.2. The maximum atomic E-state index is 13.1. The highest BCUT2D eigenvalue weighted by molar-refractivity contribution is 6.30. The number of furan rings is 1. The molecule has 0 bridgehead atoms. The molecule has 4 aromatic rings. The summed E-state index contributed by atoms with van der Waals surface area (Å²) in [7, 11) is 1.63. The van der Waals surface area contributed by atoms with Gasteiger partial charge in [-0.3, -0.25) is 4.79 Å². The van der Waals surface area contributed by atoms with E-state index in [1.165, 1.54) is 5.56 Å². The maximum absolute atomic E-state index is 13.1. The number of pyridine rings is 1. The van der Waals surface area contributed by atoms with Crippen LogP contribution < -0.4 is 9.64 Å². The molecule has 1 aliphatic rings. The maximum Gasteiger partial charge on any atom is 0.289 e. The molecule has 0 spiro atoms. The van der Waals surface area contributed by atoms with Gasteiger partial charge in [-0.25, -0.2) is 4.98 Å². The predicted octanol–water partition coefficient (Wildman–Crippen LogP) is 4.91. The van der Waals surface area contributed by atoms with Gasteiger partial charge in [-0.15, -0.1) is 0 Å². The first-order valence-corrected chi connectivity index (χ1v) is 10.6. The van der Waals surface area contributed by atoms with Crippen LogP contribution in [0.25, 0.3) is 22.0 Å². The van der Waals surface area contributed by atoms with Crippen molar-refractivity contribution in [2.45, 2.75) is 6.92 Å². The zero-order valence-corrected chi connectivity index (χ0v) is 18.1. The number of piperazine rings is 1. The highest BCUT2D eigenvalue weighted by Gasteiger charge is 2.25. The molecular weight excluding hydrogens is 414 g/mol. The van der Waals surface area contributed by atoms with Crippen molar-refractivity contribution in [3.05, 3.63) is 64.9 Å². The molecule has 6 nitrogen and oxygen atoms in total. The van der Waals surface area contributed by atoms with Crippen LogP contribution in [0.1, 0.15) is 16.1 Å². The molecule has 158 valence electrons. The number of hydrogen-bond donors (Lipinski definition) is 0. The van der Waals surface area contributed by atoms with Crippen LogP contribution in [0.15, 0.2) is 52.9 Å². The molecule has 0 N–H and O–H groups in total.